The van der Waals surface area contributed by atoms with E-state index in [-0.39, 0.29) is 0 Å². The number of halogens is 3. The van der Waals surface area contributed by atoms with Crippen molar-refractivity contribution in [2.24, 2.45) is 0 Å². The van der Waals surface area contributed by atoms with Gasteiger partial charge in [0.1, 0.15) is 0 Å². The lowest BCUT2D eigenvalue weighted by molar-refractivity contribution is -0.148. The summed E-state index contributed by atoms with van der Waals surface area (Å²) in [7, 11) is 0. The van der Waals surface area contributed by atoms with Gasteiger partial charge in [0.15, 0.2) is 12.2 Å². The third-order valence-electron chi connectivity index (χ3n) is 1.06. The molecule has 1 saturated heterocycles. The Balaban J connectivity index is 2.46. The Morgan fingerprint density at radius 1 is 1.50 bits per heavy atom. The van der Waals surface area contributed by atoms with Gasteiger partial charge in [0, 0.05) is 0 Å². The Hall–Kier alpha value is -0.780. The van der Waals surface area contributed by atoms with Crippen LogP contribution in [-0.4, -0.2) is 29.5 Å². The van der Waals surface area contributed by atoms with Gasteiger partial charge >= 0.3 is 12.1 Å². The molecule has 0 aromatic heterocycles. The number of hydrogen-bond acceptors (Lipinski definition) is 2. The number of hydrogen-bond donors (Lipinski definition) is 1. The molecule has 0 spiro atoms. The molecule has 0 aromatic rings. The molecule has 0 saturated carbocycles. The van der Waals surface area contributed by atoms with Crippen molar-refractivity contribution in [1.82, 2.24) is 0 Å². The molecule has 0 amide bonds. The quantitative estimate of drug-likeness (QED) is 0.559. The van der Waals surface area contributed by atoms with Crippen molar-refractivity contribution in [1.29, 1.82) is 0 Å². The van der Waals surface area contributed by atoms with Gasteiger partial charge in [0.05, 0.1) is 0 Å². The topological polar surface area (TPSA) is 49.8 Å². The second-order valence-corrected chi connectivity index (χ2v) is 1.86. The average Bonchev–Trinajstić information content (AvgIpc) is 2.35. The van der Waals surface area contributed by atoms with Crippen LogP contribution >= 0.6 is 0 Å². The summed E-state index contributed by atoms with van der Waals surface area (Å²) in [6, 6.07) is 0. The van der Waals surface area contributed by atoms with E-state index in [0.717, 1.165) is 0 Å². The van der Waals surface area contributed by atoms with Gasteiger partial charge in [-0.2, -0.15) is 13.2 Å². The van der Waals surface area contributed by atoms with Gasteiger partial charge in [-0.3, -0.25) is 0 Å². The maximum Gasteiger partial charge on any atom is 0.417 e. The zero-order chi connectivity index (χ0) is 7.94. The van der Waals surface area contributed by atoms with E-state index >= 15 is 0 Å². The van der Waals surface area contributed by atoms with Crippen LogP contribution in [0, 0.1) is 0 Å². The van der Waals surface area contributed by atoms with Gasteiger partial charge in [-0.05, 0) is 0 Å². The minimum absolute atomic E-state index is 1.57. The molecule has 1 aliphatic rings. The first kappa shape index (κ1) is 7.33. The van der Waals surface area contributed by atoms with Crippen molar-refractivity contribution < 1.29 is 27.8 Å². The molecule has 0 aromatic carbocycles. The second-order valence-electron chi connectivity index (χ2n) is 1.86. The molecular weight excluding hydrogens is 153 g/mol. The summed E-state index contributed by atoms with van der Waals surface area (Å²) < 4.78 is 38.2. The number of ether oxygens (including phenoxy) is 1. The standard InChI is InChI=1S/C4H3F3O3/c5-4(6,7)2-1(10-2)3(8)9/h1-2H,(H,8,9). The van der Waals surface area contributed by atoms with Gasteiger partial charge in [-0.25, -0.2) is 4.79 Å². The molecule has 6 heteroatoms. The molecule has 1 rings (SSSR count). The van der Waals surface area contributed by atoms with Crippen LogP contribution in [0.15, 0.2) is 0 Å². The van der Waals surface area contributed by atoms with Crippen LogP contribution in [0.25, 0.3) is 0 Å². The number of epoxide rings is 1. The summed E-state index contributed by atoms with van der Waals surface area (Å²) in [6.45, 7) is 0. The Labute approximate surface area is 53.4 Å². The van der Waals surface area contributed by atoms with Crippen molar-refractivity contribution in [2.45, 2.75) is 18.4 Å². The number of rotatable bonds is 1. The van der Waals surface area contributed by atoms with Crippen LogP contribution in [0.3, 0.4) is 0 Å². The van der Waals surface area contributed by atoms with Gasteiger partial charge in [-0.1, -0.05) is 0 Å². The first-order valence-corrected chi connectivity index (χ1v) is 2.38. The van der Waals surface area contributed by atoms with Crippen LogP contribution in [0.1, 0.15) is 0 Å². The van der Waals surface area contributed by atoms with E-state index in [0.29, 0.717) is 0 Å². The molecule has 2 unspecified atom stereocenters. The van der Waals surface area contributed by atoms with E-state index in [1.54, 1.807) is 0 Å². The predicted octanol–water partition coefficient (Wildman–Crippen LogP) is 0.401. The van der Waals surface area contributed by atoms with Gasteiger partial charge in [-0.15, -0.1) is 0 Å². The predicted molar refractivity (Wildman–Crippen MR) is 22.4 cm³/mol. The van der Waals surface area contributed by atoms with Crippen LogP contribution in [0.4, 0.5) is 13.2 Å². The summed E-state index contributed by atoms with van der Waals surface area (Å²) in [5.41, 5.74) is 0. The normalized spacial score (nSPS) is 31.9. The Kier molecular flexibility index (Phi) is 1.36. The maximum atomic E-state index is 11.5. The summed E-state index contributed by atoms with van der Waals surface area (Å²) >= 11 is 0. The molecule has 1 heterocycles. The molecule has 3 nitrogen and oxygen atoms in total. The monoisotopic (exact) mass is 156 g/mol. The van der Waals surface area contributed by atoms with E-state index in [1.807, 2.05) is 0 Å². The van der Waals surface area contributed by atoms with Crippen LogP contribution in [0.5, 0.6) is 0 Å². The minimum Gasteiger partial charge on any atom is -0.479 e. The highest BCUT2D eigenvalue weighted by Crippen LogP contribution is 2.37. The first-order valence-electron chi connectivity index (χ1n) is 2.38. The number of alkyl halides is 3. The largest absolute Gasteiger partial charge is 0.479 e. The molecule has 0 bridgehead atoms. The van der Waals surface area contributed by atoms with Crippen molar-refractivity contribution in [3.8, 4) is 0 Å². The molecule has 1 aliphatic heterocycles. The van der Waals surface area contributed by atoms with Crippen LogP contribution < -0.4 is 0 Å². The number of carboxylic acid groups (broad SMARTS) is 1. The third kappa shape index (κ3) is 1.21. The van der Waals surface area contributed by atoms with Crippen LogP contribution in [0.2, 0.25) is 0 Å². The van der Waals surface area contributed by atoms with Crippen molar-refractivity contribution >= 4 is 5.97 Å². The van der Waals surface area contributed by atoms with Gasteiger partial charge < -0.3 is 9.84 Å². The fraction of sp³-hybridized carbons (Fsp3) is 0.750. The maximum absolute atomic E-state index is 11.5. The van der Waals surface area contributed by atoms with Gasteiger partial charge in [0.25, 0.3) is 0 Å². The van der Waals surface area contributed by atoms with Crippen molar-refractivity contribution in [3.63, 3.8) is 0 Å². The minimum atomic E-state index is -4.54. The first-order chi connectivity index (χ1) is 4.43. The lowest BCUT2D eigenvalue weighted by atomic mass is 10.3. The number of aliphatic carboxylic acids is 1. The average molecular weight is 156 g/mol. The van der Waals surface area contributed by atoms with Crippen molar-refractivity contribution in [2.75, 3.05) is 0 Å². The fourth-order valence-corrected chi connectivity index (χ4v) is 0.549. The van der Waals surface area contributed by atoms with Gasteiger partial charge in [0.2, 0.25) is 0 Å². The lowest BCUT2D eigenvalue weighted by Gasteiger charge is -1.97. The zero-order valence-electron chi connectivity index (χ0n) is 4.55. The van der Waals surface area contributed by atoms with Crippen molar-refractivity contribution in [3.05, 3.63) is 0 Å². The molecule has 1 fully saturated rings. The fourth-order valence-electron chi connectivity index (χ4n) is 0.549. The summed E-state index contributed by atoms with van der Waals surface area (Å²) in [5.74, 6) is -1.57. The molecule has 2 atom stereocenters. The van der Waals surface area contributed by atoms with E-state index < -0.39 is 24.4 Å². The molecule has 0 radical (unpaired) electrons. The third-order valence-corrected chi connectivity index (χ3v) is 1.06. The van der Waals surface area contributed by atoms with Crippen LogP contribution in [-0.2, 0) is 9.53 Å². The number of carboxylic acids is 1. The number of carbonyl (C=O) groups is 1. The highest BCUT2D eigenvalue weighted by Gasteiger charge is 2.61. The Bertz CT molecular complexity index is 164. The smallest absolute Gasteiger partial charge is 0.417 e. The SMILES string of the molecule is O=C(O)C1OC1C(F)(F)F. The van der Waals surface area contributed by atoms with E-state index in [2.05, 4.69) is 4.74 Å². The lowest BCUT2D eigenvalue weighted by Crippen LogP contribution is -2.22. The molecule has 10 heavy (non-hydrogen) atoms. The molecular formula is C4H3F3O3. The molecule has 0 aliphatic carbocycles. The molecule has 58 valence electrons. The summed E-state index contributed by atoms with van der Waals surface area (Å²) in [6.07, 6.45) is -8.31. The second kappa shape index (κ2) is 1.85. The van der Waals surface area contributed by atoms with E-state index in [4.69, 9.17) is 5.11 Å². The Morgan fingerprint density at radius 3 is 2.10 bits per heavy atom. The highest BCUT2D eigenvalue weighted by atomic mass is 19.4. The molecule has 1 N–H and O–H groups in total. The Morgan fingerprint density at radius 2 is 2.00 bits per heavy atom. The van der Waals surface area contributed by atoms with E-state index in [9.17, 15) is 18.0 Å². The summed E-state index contributed by atoms with van der Waals surface area (Å²) in [5, 5.41) is 7.96. The zero-order valence-corrected chi connectivity index (χ0v) is 4.55. The highest BCUT2D eigenvalue weighted by molar-refractivity contribution is 5.75. The summed E-state index contributed by atoms with van der Waals surface area (Å²) in [4.78, 5) is 9.79. The van der Waals surface area contributed by atoms with E-state index in [1.165, 1.54) is 0 Å².